The molecule has 2 N–H and O–H groups in total. The van der Waals surface area contributed by atoms with Gasteiger partial charge in [-0.1, -0.05) is 12.8 Å². The zero-order valence-corrected chi connectivity index (χ0v) is 9.98. The van der Waals surface area contributed by atoms with Crippen molar-refractivity contribution >= 4 is 5.97 Å². The summed E-state index contributed by atoms with van der Waals surface area (Å²) in [5.41, 5.74) is 0. The predicted molar refractivity (Wildman–Crippen MR) is 62.5 cm³/mol. The maximum atomic E-state index is 10.6. The highest BCUT2D eigenvalue weighted by Crippen LogP contribution is 2.32. The first-order valence-corrected chi connectivity index (χ1v) is 6.35. The van der Waals surface area contributed by atoms with E-state index in [1.54, 1.807) is 0 Å². The quantitative estimate of drug-likeness (QED) is 0.736. The van der Waals surface area contributed by atoms with Crippen LogP contribution >= 0.6 is 0 Å². The van der Waals surface area contributed by atoms with E-state index in [1.807, 2.05) is 0 Å². The van der Waals surface area contributed by atoms with Crippen molar-refractivity contribution in [2.45, 2.75) is 56.7 Å². The van der Waals surface area contributed by atoms with Crippen molar-refractivity contribution in [3.8, 4) is 0 Å². The highest BCUT2D eigenvalue weighted by atomic mass is 16.4. The van der Waals surface area contributed by atoms with Gasteiger partial charge in [0, 0.05) is 18.1 Å². The summed E-state index contributed by atoms with van der Waals surface area (Å²) in [5, 5.41) is 11.9. The third-order valence-electron chi connectivity index (χ3n) is 3.89. The fourth-order valence-electron chi connectivity index (χ4n) is 2.81. The smallest absolute Gasteiger partial charge is 0.317 e. The molecule has 0 aromatic carbocycles. The van der Waals surface area contributed by atoms with Gasteiger partial charge in [-0.3, -0.25) is 9.69 Å². The number of carboxylic acids is 1. The van der Waals surface area contributed by atoms with Crippen molar-refractivity contribution < 1.29 is 9.90 Å². The largest absolute Gasteiger partial charge is 0.480 e. The molecule has 0 aromatic rings. The number of carboxylic acid groups (broad SMARTS) is 1. The number of carbonyl (C=O) groups is 1. The molecular formula is C12H22N2O2. The molecular weight excluding hydrogens is 204 g/mol. The van der Waals surface area contributed by atoms with E-state index < -0.39 is 5.97 Å². The lowest BCUT2D eigenvalue weighted by Gasteiger charge is -2.38. The van der Waals surface area contributed by atoms with Gasteiger partial charge in [-0.25, -0.2) is 0 Å². The van der Waals surface area contributed by atoms with E-state index in [2.05, 4.69) is 17.3 Å². The zero-order valence-electron chi connectivity index (χ0n) is 9.98. The van der Waals surface area contributed by atoms with Gasteiger partial charge in [0.25, 0.3) is 0 Å². The van der Waals surface area contributed by atoms with Crippen molar-refractivity contribution in [1.29, 1.82) is 0 Å². The Balaban J connectivity index is 1.87. The second-order valence-corrected chi connectivity index (χ2v) is 5.13. The van der Waals surface area contributed by atoms with Gasteiger partial charge >= 0.3 is 5.97 Å². The van der Waals surface area contributed by atoms with Crippen LogP contribution in [0.2, 0.25) is 0 Å². The Morgan fingerprint density at radius 3 is 2.62 bits per heavy atom. The monoisotopic (exact) mass is 226 g/mol. The molecule has 2 aliphatic rings. The average molecular weight is 226 g/mol. The molecule has 4 heteroatoms. The van der Waals surface area contributed by atoms with Crippen LogP contribution in [-0.4, -0.2) is 47.7 Å². The number of nitrogens with one attached hydrogen (secondary N) is 1. The zero-order chi connectivity index (χ0) is 11.5. The predicted octanol–water partition coefficient (Wildman–Crippen LogP) is 1.07. The fourth-order valence-corrected chi connectivity index (χ4v) is 2.81. The van der Waals surface area contributed by atoms with Crippen molar-refractivity contribution in [1.82, 2.24) is 10.2 Å². The number of likely N-dealkylation sites (N-methyl/N-ethyl adjacent to an activating group) is 1. The number of hydrogen-bond acceptors (Lipinski definition) is 3. The molecule has 0 radical (unpaired) electrons. The molecule has 0 bridgehead atoms. The molecule has 2 aliphatic carbocycles. The summed E-state index contributed by atoms with van der Waals surface area (Å²) in [4.78, 5) is 13.1. The maximum absolute atomic E-state index is 10.6. The van der Waals surface area contributed by atoms with Crippen LogP contribution in [0.25, 0.3) is 0 Å². The normalized spacial score (nSPS) is 30.6. The molecule has 0 unspecified atom stereocenters. The number of hydrogen-bond donors (Lipinski definition) is 2. The minimum Gasteiger partial charge on any atom is -0.480 e. The van der Waals surface area contributed by atoms with Crippen molar-refractivity contribution in [2.24, 2.45) is 0 Å². The third-order valence-corrected chi connectivity index (χ3v) is 3.89. The van der Waals surface area contributed by atoms with E-state index in [0.717, 1.165) is 12.5 Å². The summed E-state index contributed by atoms with van der Waals surface area (Å²) in [6, 6.07) is 1.67. The standard InChI is InChI=1S/C12H22N2O2/c1-14(9-6-7-9)11-5-3-2-4-10(11)13-8-12(15)16/h9-11,13H,2-8H2,1H3,(H,15,16)/t10-,11-/m0/s1. The summed E-state index contributed by atoms with van der Waals surface area (Å²) in [7, 11) is 2.20. The van der Waals surface area contributed by atoms with Crippen LogP contribution in [0.1, 0.15) is 38.5 Å². The second kappa shape index (κ2) is 5.15. The van der Waals surface area contributed by atoms with E-state index in [1.165, 1.54) is 32.1 Å². The van der Waals surface area contributed by atoms with E-state index in [9.17, 15) is 4.79 Å². The Morgan fingerprint density at radius 1 is 1.31 bits per heavy atom. The van der Waals surface area contributed by atoms with Gasteiger partial charge in [-0.05, 0) is 32.7 Å². The van der Waals surface area contributed by atoms with Gasteiger partial charge in [0.15, 0.2) is 0 Å². The lowest BCUT2D eigenvalue weighted by atomic mass is 9.89. The number of nitrogens with zero attached hydrogens (tertiary/aromatic N) is 1. The Morgan fingerprint density at radius 2 is 2.00 bits per heavy atom. The van der Waals surface area contributed by atoms with Crippen LogP contribution in [-0.2, 0) is 4.79 Å². The van der Waals surface area contributed by atoms with Gasteiger partial charge in [-0.2, -0.15) is 0 Å². The summed E-state index contributed by atoms with van der Waals surface area (Å²) < 4.78 is 0. The Hall–Kier alpha value is -0.610. The molecule has 0 saturated heterocycles. The van der Waals surface area contributed by atoms with Crippen LogP contribution in [0.5, 0.6) is 0 Å². The minimum atomic E-state index is -0.751. The lowest BCUT2D eigenvalue weighted by molar-refractivity contribution is -0.136. The SMILES string of the molecule is CN(C1CC1)[C@H]1CCCC[C@@H]1NCC(=O)O. The van der Waals surface area contributed by atoms with Gasteiger partial charge in [-0.15, -0.1) is 0 Å². The molecule has 2 rings (SSSR count). The molecule has 2 fully saturated rings. The molecule has 2 saturated carbocycles. The van der Waals surface area contributed by atoms with E-state index in [4.69, 9.17) is 5.11 Å². The molecule has 0 amide bonds. The summed E-state index contributed by atoms with van der Waals surface area (Å²) >= 11 is 0. The molecule has 2 atom stereocenters. The fraction of sp³-hybridized carbons (Fsp3) is 0.917. The van der Waals surface area contributed by atoms with Crippen molar-refractivity contribution in [3.63, 3.8) is 0 Å². The van der Waals surface area contributed by atoms with Gasteiger partial charge < -0.3 is 10.4 Å². The number of aliphatic carboxylic acids is 1. The van der Waals surface area contributed by atoms with Crippen molar-refractivity contribution in [3.05, 3.63) is 0 Å². The van der Waals surface area contributed by atoms with Gasteiger partial charge in [0.05, 0.1) is 6.54 Å². The van der Waals surface area contributed by atoms with Crippen LogP contribution in [0.3, 0.4) is 0 Å². The first kappa shape index (κ1) is 11.9. The average Bonchev–Trinajstić information content (AvgIpc) is 3.09. The number of rotatable bonds is 5. The Bertz CT molecular complexity index is 253. The molecule has 92 valence electrons. The van der Waals surface area contributed by atoms with Crippen LogP contribution in [0, 0.1) is 0 Å². The molecule has 0 aromatic heterocycles. The first-order chi connectivity index (χ1) is 7.68. The van der Waals surface area contributed by atoms with Crippen LogP contribution in [0.4, 0.5) is 0 Å². The highest BCUT2D eigenvalue weighted by Gasteiger charge is 2.36. The summed E-state index contributed by atoms with van der Waals surface area (Å²) in [6.07, 6.45) is 7.48. The molecule has 0 spiro atoms. The topological polar surface area (TPSA) is 52.6 Å². The van der Waals surface area contributed by atoms with Crippen LogP contribution in [0.15, 0.2) is 0 Å². The Kier molecular flexibility index (Phi) is 3.82. The molecule has 16 heavy (non-hydrogen) atoms. The van der Waals surface area contributed by atoms with Crippen molar-refractivity contribution in [2.75, 3.05) is 13.6 Å². The Labute approximate surface area is 97.0 Å². The first-order valence-electron chi connectivity index (χ1n) is 6.35. The van der Waals surface area contributed by atoms with E-state index in [-0.39, 0.29) is 6.54 Å². The van der Waals surface area contributed by atoms with Gasteiger partial charge in [0.1, 0.15) is 0 Å². The molecule has 4 nitrogen and oxygen atoms in total. The summed E-state index contributed by atoms with van der Waals surface area (Å²) in [5.74, 6) is -0.751. The van der Waals surface area contributed by atoms with E-state index >= 15 is 0 Å². The maximum Gasteiger partial charge on any atom is 0.317 e. The second-order valence-electron chi connectivity index (χ2n) is 5.13. The van der Waals surface area contributed by atoms with Crippen LogP contribution < -0.4 is 5.32 Å². The molecule has 0 heterocycles. The molecule has 0 aliphatic heterocycles. The third kappa shape index (κ3) is 2.95. The van der Waals surface area contributed by atoms with Gasteiger partial charge in [0.2, 0.25) is 0 Å². The van der Waals surface area contributed by atoms with E-state index in [0.29, 0.717) is 12.1 Å². The lowest BCUT2D eigenvalue weighted by Crippen LogP contribution is -2.52. The highest BCUT2D eigenvalue weighted by molar-refractivity contribution is 5.69. The summed E-state index contributed by atoms with van der Waals surface area (Å²) in [6.45, 7) is 0.0969. The minimum absolute atomic E-state index is 0.0969.